The second-order valence-electron chi connectivity index (χ2n) is 4.39. The first-order valence-electron chi connectivity index (χ1n) is 5.87. The van der Waals surface area contributed by atoms with Gasteiger partial charge in [0, 0.05) is 24.4 Å². The van der Waals surface area contributed by atoms with Crippen LogP contribution in [0.4, 0.5) is 0 Å². The van der Waals surface area contributed by atoms with Crippen molar-refractivity contribution in [1.29, 1.82) is 0 Å². The van der Waals surface area contributed by atoms with Gasteiger partial charge < -0.3 is 5.73 Å². The first kappa shape index (κ1) is 16.1. The maximum Gasteiger partial charge on any atom is 0.0595 e. The van der Waals surface area contributed by atoms with Crippen LogP contribution in [-0.4, -0.2) is 36.5 Å². The molecule has 102 valence electrons. The minimum absolute atomic E-state index is 0.168. The number of hydrogen-bond donors (Lipinski definition) is 1. The number of halogens is 2. The molecule has 0 aliphatic carbocycles. The number of benzene rings is 1. The Bertz CT molecular complexity index is 387. The lowest BCUT2D eigenvalue weighted by Gasteiger charge is -2.32. The Morgan fingerprint density at radius 3 is 2.50 bits per heavy atom. The summed E-state index contributed by atoms with van der Waals surface area (Å²) in [5.74, 6) is 1.08. The smallest absolute Gasteiger partial charge is 0.0595 e. The molecule has 0 spiro atoms. The molecule has 0 aliphatic heterocycles. The fourth-order valence-corrected chi connectivity index (χ4v) is 2.95. The van der Waals surface area contributed by atoms with Crippen LogP contribution in [0, 0.1) is 0 Å². The van der Waals surface area contributed by atoms with E-state index in [1.54, 1.807) is 0 Å². The van der Waals surface area contributed by atoms with Crippen LogP contribution in [0.2, 0.25) is 10.0 Å². The summed E-state index contributed by atoms with van der Waals surface area (Å²) >= 11 is 13.8. The third kappa shape index (κ3) is 4.04. The van der Waals surface area contributed by atoms with Crippen molar-refractivity contribution in [3.05, 3.63) is 33.8 Å². The van der Waals surface area contributed by atoms with E-state index in [-0.39, 0.29) is 6.04 Å². The van der Waals surface area contributed by atoms with Gasteiger partial charge >= 0.3 is 0 Å². The van der Waals surface area contributed by atoms with Crippen molar-refractivity contribution < 1.29 is 0 Å². The predicted molar refractivity (Wildman–Crippen MR) is 83.9 cm³/mol. The number of nitrogens with zero attached hydrogens (tertiary/aromatic N) is 1. The van der Waals surface area contributed by atoms with Gasteiger partial charge in [-0.2, -0.15) is 11.8 Å². The second kappa shape index (κ2) is 7.61. The number of thioether (sulfide) groups is 1. The number of hydrogen-bond acceptors (Lipinski definition) is 3. The number of rotatable bonds is 6. The summed E-state index contributed by atoms with van der Waals surface area (Å²) < 4.78 is 0. The van der Waals surface area contributed by atoms with Crippen molar-refractivity contribution in [2.75, 3.05) is 25.6 Å². The maximum absolute atomic E-state index is 6.06. The van der Waals surface area contributed by atoms with Crippen LogP contribution in [0.15, 0.2) is 18.2 Å². The molecule has 0 saturated carbocycles. The zero-order valence-corrected chi connectivity index (χ0v) is 13.3. The molecular weight excluding hydrogens is 287 g/mol. The van der Waals surface area contributed by atoms with Gasteiger partial charge in [-0.05, 0) is 37.9 Å². The lowest BCUT2D eigenvalue weighted by molar-refractivity contribution is 0.204. The Morgan fingerprint density at radius 2 is 2.00 bits per heavy atom. The molecule has 0 aliphatic rings. The van der Waals surface area contributed by atoms with Gasteiger partial charge in [0.1, 0.15) is 0 Å². The van der Waals surface area contributed by atoms with E-state index in [0.29, 0.717) is 22.6 Å². The van der Waals surface area contributed by atoms with Crippen LogP contribution in [0.5, 0.6) is 0 Å². The summed E-state index contributed by atoms with van der Waals surface area (Å²) in [6, 6.07) is 6.36. The van der Waals surface area contributed by atoms with E-state index in [9.17, 15) is 0 Å². The highest BCUT2D eigenvalue weighted by molar-refractivity contribution is 7.98. The van der Waals surface area contributed by atoms with E-state index in [0.717, 1.165) is 11.3 Å². The van der Waals surface area contributed by atoms with Crippen LogP contribution in [-0.2, 0) is 0 Å². The summed E-state index contributed by atoms with van der Waals surface area (Å²) in [6.45, 7) is 2.77. The van der Waals surface area contributed by atoms with Crippen molar-refractivity contribution in [3.63, 3.8) is 0 Å². The topological polar surface area (TPSA) is 29.3 Å². The molecule has 0 aromatic heterocycles. The van der Waals surface area contributed by atoms with Crippen molar-refractivity contribution in [2.45, 2.75) is 19.0 Å². The summed E-state index contributed by atoms with van der Waals surface area (Å²) in [6.07, 6.45) is 2.11. The predicted octanol–water partition coefficient (Wildman–Crippen LogP) is 3.68. The summed E-state index contributed by atoms with van der Waals surface area (Å²) in [7, 11) is 2.10. The van der Waals surface area contributed by atoms with Gasteiger partial charge in [-0.25, -0.2) is 0 Å². The van der Waals surface area contributed by atoms with Crippen molar-refractivity contribution in [1.82, 2.24) is 4.90 Å². The van der Waals surface area contributed by atoms with Crippen LogP contribution >= 0.6 is 35.0 Å². The lowest BCUT2D eigenvalue weighted by atomic mass is 10.0. The van der Waals surface area contributed by atoms with Crippen LogP contribution < -0.4 is 5.73 Å². The Balaban J connectivity index is 2.91. The summed E-state index contributed by atoms with van der Waals surface area (Å²) in [4.78, 5) is 2.29. The molecule has 2 atom stereocenters. The molecular formula is C13H20Cl2N2S. The third-order valence-electron chi connectivity index (χ3n) is 3.15. The number of nitrogens with two attached hydrogens (primary N) is 1. The maximum atomic E-state index is 6.06. The first-order chi connectivity index (χ1) is 8.51. The monoisotopic (exact) mass is 306 g/mol. The van der Waals surface area contributed by atoms with Crippen LogP contribution in [0.3, 0.4) is 0 Å². The fraction of sp³-hybridized carbons (Fsp3) is 0.538. The molecule has 0 heterocycles. The SMILES string of the molecule is CSCC(C)N(C)C(CN)c1ccc(Cl)c(Cl)c1. The van der Waals surface area contributed by atoms with Gasteiger partial charge in [0.05, 0.1) is 10.0 Å². The average Bonchev–Trinajstić information content (AvgIpc) is 2.34. The van der Waals surface area contributed by atoms with Crippen molar-refractivity contribution in [2.24, 2.45) is 5.73 Å². The average molecular weight is 307 g/mol. The van der Waals surface area contributed by atoms with Gasteiger partial charge in [-0.3, -0.25) is 4.90 Å². The fourth-order valence-electron chi connectivity index (χ4n) is 1.92. The molecule has 0 radical (unpaired) electrons. The van der Waals surface area contributed by atoms with E-state index in [1.807, 2.05) is 30.0 Å². The molecule has 0 fully saturated rings. The van der Waals surface area contributed by atoms with Crippen LogP contribution in [0.25, 0.3) is 0 Å². The highest BCUT2D eigenvalue weighted by atomic mass is 35.5. The van der Waals surface area contributed by atoms with Gasteiger partial charge in [-0.1, -0.05) is 29.3 Å². The van der Waals surface area contributed by atoms with E-state index < -0.39 is 0 Å². The largest absolute Gasteiger partial charge is 0.329 e. The minimum atomic E-state index is 0.168. The molecule has 1 aromatic carbocycles. The standard InChI is InChI=1S/C13H20Cl2N2S/c1-9(8-18-3)17(2)13(7-16)10-4-5-11(14)12(15)6-10/h4-6,9,13H,7-8,16H2,1-3H3. The molecule has 0 saturated heterocycles. The van der Waals surface area contributed by atoms with E-state index in [4.69, 9.17) is 28.9 Å². The summed E-state index contributed by atoms with van der Waals surface area (Å²) in [5.41, 5.74) is 7.02. The quantitative estimate of drug-likeness (QED) is 0.869. The highest BCUT2D eigenvalue weighted by Gasteiger charge is 2.20. The highest BCUT2D eigenvalue weighted by Crippen LogP contribution is 2.28. The van der Waals surface area contributed by atoms with Gasteiger partial charge in [0.25, 0.3) is 0 Å². The second-order valence-corrected chi connectivity index (χ2v) is 6.12. The molecule has 2 unspecified atom stereocenters. The Kier molecular flexibility index (Phi) is 6.82. The third-order valence-corrected chi connectivity index (χ3v) is 4.70. The number of likely N-dealkylation sites (N-methyl/N-ethyl adjacent to an activating group) is 1. The van der Waals surface area contributed by atoms with E-state index >= 15 is 0 Å². The zero-order chi connectivity index (χ0) is 13.7. The molecule has 0 bridgehead atoms. The molecule has 0 amide bonds. The molecule has 1 aromatic rings. The summed E-state index contributed by atoms with van der Waals surface area (Å²) in [5, 5.41) is 1.16. The van der Waals surface area contributed by atoms with Gasteiger partial charge in [-0.15, -0.1) is 0 Å². The zero-order valence-electron chi connectivity index (χ0n) is 11.0. The normalized spacial score (nSPS) is 14.8. The Morgan fingerprint density at radius 1 is 1.33 bits per heavy atom. The molecule has 1 rings (SSSR count). The van der Waals surface area contributed by atoms with E-state index in [1.165, 1.54) is 0 Å². The van der Waals surface area contributed by atoms with Crippen molar-refractivity contribution in [3.8, 4) is 0 Å². The minimum Gasteiger partial charge on any atom is -0.329 e. The van der Waals surface area contributed by atoms with Gasteiger partial charge in [0.2, 0.25) is 0 Å². The molecule has 2 N–H and O–H groups in total. The Hall–Kier alpha value is 0.0700. The molecule has 18 heavy (non-hydrogen) atoms. The van der Waals surface area contributed by atoms with Crippen LogP contribution in [0.1, 0.15) is 18.5 Å². The molecule has 2 nitrogen and oxygen atoms in total. The molecule has 5 heteroatoms. The van der Waals surface area contributed by atoms with E-state index in [2.05, 4.69) is 25.1 Å². The van der Waals surface area contributed by atoms with Gasteiger partial charge in [0.15, 0.2) is 0 Å². The van der Waals surface area contributed by atoms with Crippen molar-refractivity contribution >= 4 is 35.0 Å². The lowest BCUT2D eigenvalue weighted by Crippen LogP contribution is -2.38. The Labute approximate surface area is 124 Å². The first-order valence-corrected chi connectivity index (χ1v) is 8.02.